The summed E-state index contributed by atoms with van der Waals surface area (Å²) in [6, 6.07) is 7.12. The van der Waals surface area contributed by atoms with Crippen LogP contribution in [0.25, 0.3) is 0 Å². The molecule has 110 valence electrons. The van der Waals surface area contributed by atoms with Gasteiger partial charge in [-0.3, -0.25) is 9.69 Å². The molecular formula is C15H18F3NO. The van der Waals surface area contributed by atoms with Crippen LogP contribution in [0.1, 0.15) is 28.8 Å². The second-order valence-electron chi connectivity index (χ2n) is 5.41. The summed E-state index contributed by atoms with van der Waals surface area (Å²) in [6.07, 6.45) is -3.50. The number of nitrogens with zero attached hydrogens (tertiary/aromatic N) is 1. The van der Waals surface area contributed by atoms with Crippen molar-refractivity contribution in [3.05, 3.63) is 35.4 Å². The van der Waals surface area contributed by atoms with Crippen LogP contribution in [0.3, 0.4) is 0 Å². The Morgan fingerprint density at radius 3 is 2.55 bits per heavy atom. The maximum absolute atomic E-state index is 12.7. The zero-order chi connectivity index (χ0) is 14.8. The molecule has 2 nitrogen and oxygen atoms in total. The minimum atomic E-state index is -4.16. The third-order valence-corrected chi connectivity index (χ3v) is 3.71. The van der Waals surface area contributed by atoms with Crippen LogP contribution in [-0.4, -0.2) is 36.5 Å². The Balaban J connectivity index is 1.96. The molecule has 1 aliphatic rings. The molecule has 1 aromatic rings. The van der Waals surface area contributed by atoms with Gasteiger partial charge in [0.15, 0.2) is 5.78 Å². The van der Waals surface area contributed by atoms with Crippen LogP contribution in [0.15, 0.2) is 24.3 Å². The first-order valence-electron chi connectivity index (χ1n) is 6.75. The molecule has 0 aromatic heterocycles. The first kappa shape index (κ1) is 15.0. The van der Waals surface area contributed by atoms with Crippen molar-refractivity contribution >= 4 is 5.78 Å². The Bertz CT molecular complexity index is 467. The van der Waals surface area contributed by atoms with E-state index < -0.39 is 12.1 Å². The largest absolute Gasteiger partial charge is 0.393 e. The van der Waals surface area contributed by atoms with Gasteiger partial charge >= 0.3 is 6.18 Å². The average molecular weight is 285 g/mol. The number of carbonyl (C=O) groups is 1. The van der Waals surface area contributed by atoms with E-state index >= 15 is 0 Å². The Morgan fingerprint density at radius 2 is 1.95 bits per heavy atom. The fourth-order valence-corrected chi connectivity index (χ4v) is 2.50. The molecule has 0 bridgehead atoms. The van der Waals surface area contributed by atoms with Crippen LogP contribution in [0, 0.1) is 12.8 Å². The van der Waals surface area contributed by atoms with Crippen LogP contribution in [0.5, 0.6) is 0 Å². The van der Waals surface area contributed by atoms with Crippen molar-refractivity contribution in [3.8, 4) is 0 Å². The molecule has 0 N–H and O–H groups in total. The molecule has 20 heavy (non-hydrogen) atoms. The van der Waals surface area contributed by atoms with E-state index in [1.807, 2.05) is 19.1 Å². The molecule has 1 unspecified atom stereocenters. The van der Waals surface area contributed by atoms with Gasteiger partial charge in [0, 0.05) is 12.1 Å². The Labute approximate surface area is 116 Å². The van der Waals surface area contributed by atoms with E-state index in [2.05, 4.69) is 0 Å². The quantitative estimate of drug-likeness (QED) is 0.793. The molecule has 1 fully saturated rings. The van der Waals surface area contributed by atoms with Crippen LogP contribution < -0.4 is 0 Å². The van der Waals surface area contributed by atoms with Gasteiger partial charge in [0.2, 0.25) is 0 Å². The molecule has 1 aromatic carbocycles. The number of halogens is 3. The molecule has 2 rings (SSSR count). The van der Waals surface area contributed by atoms with Crippen LogP contribution in [0.4, 0.5) is 13.2 Å². The lowest BCUT2D eigenvalue weighted by Crippen LogP contribution is -2.43. The maximum atomic E-state index is 12.7. The van der Waals surface area contributed by atoms with Crippen molar-refractivity contribution < 1.29 is 18.0 Å². The summed E-state index contributed by atoms with van der Waals surface area (Å²) >= 11 is 0. The first-order chi connectivity index (χ1) is 9.36. The summed E-state index contributed by atoms with van der Waals surface area (Å²) in [4.78, 5) is 13.7. The SMILES string of the molecule is Cc1ccc(C(=O)CN2CCCC(C(F)(F)F)C2)cc1. The van der Waals surface area contributed by atoms with Gasteiger partial charge in [-0.2, -0.15) is 13.2 Å². The van der Waals surface area contributed by atoms with E-state index in [-0.39, 0.29) is 25.3 Å². The molecule has 0 amide bonds. The number of Topliss-reactive ketones (excluding diaryl/α,β-unsaturated/α-hetero) is 1. The highest BCUT2D eigenvalue weighted by Gasteiger charge is 2.41. The van der Waals surface area contributed by atoms with E-state index in [1.165, 1.54) is 0 Å². The van der Waals surface area contributed by atoms with Crippen LogP contribution in [-0.2, 0) is 0 Å². The van der Waals surface area contributed by atoms with E-state index in [0.717, 1.165) is 5.56 Å². The number of benzene rings is 1. The number of hydrogen-bond acceptors (Lipinski definition) is 2. The molecule has 5 heteroatoms. The highest BCUT2D eigenvalue weighted by atomic mass is 19.4. The Morgan fingerprint density at radius 1 is 1.30 bits per heavy atom. The van der Waals surface area contributed by atoms with Gasteiger partial charge in [-0.1, -0.05) is 29.8 Å². The molecule has 1 atom stereocenters. The topological polar surface area (TPSA) is 20.3 Å². The molecule has 1 saturated heterocycles. The minimum Gasteiger partial charge on any atom is -0.295 e. The van der Waals surface area contributed by atoms with Gasteiger partial charge < -0.3 is 0 Å². The normalized spacial score (nSPS) is 20.9. The predicted molar refractivity (Wildman–Crippen MR) is 70.7 cm³/mol. The number of ketones is 1. The lowest BCUT2D eigenvalue weighted by atomic mass is 9.97. The minimum absolute atomic E-state index is 0.0651. The summed E-state index contributed by atoms with van der Waals surface area (Å²) in [5, 5.41) is 0. The van der Waals surface area contributed by atoms with Crippen LogP contribution >= 0.6 is 0 Å². The standard InChI is InChI=1S/C15H18F3NO/c1-11-4-6-12(7-5-11)14(20)10-19-8-2-3-13(9-19)15(16,17)18/h4-7,13H,2-3,8-10H2,1H3. The highest BCUT2D eigenvalue weighted by Crippen LogP contribution is 2.33. The van der Waals surface area contributed by atoms with E-state index in [4.69, 9.17) is 0 Å². The number of rotatable bonds is 3. The third kappa shape index (κ3) is 3.82. The number of hydrogen-bond donors (Lipinski definition) is 0. The van der Waals surface area contributed by atoms with Crippen molar-refractivity contribution in [3.63, 3.8) is 0 Å². The van der Waals surface area contributed by atoms with Crippen molar-refractivity contribution in [2.75, 3.05) is 19.6 Å². The maximum Gasteiger partial charge on any atom is 0.393 e. The Kier molecular flexibility index (Phi) is 4.48. The number of piperidine rings is 1. The first-order valence-corrected chi connectivity index (χ1v) is 6.75. The molecule has 1 heterocycles. The van der Waals surface area contributed by atoms with Gasteiger partial charge in [-0.05, 0) is 26.3 Å². The molecular weight excluding hydrogens is 267 g/mol. The zero-order valence-electron chi connectivity index (χ0n) is 11.4. The van der Waals surface area contributed by atoms with Crippen molar-refractivity contribution in [1.82, 2.24) is 4.90 Å². The molecule has 0 radical (unpaired) electrons. The fourth-order valence-electron chi connectivity index (χ4n) is 2.50. The predicted octanol–water partition coefficient (Wildman–Crippen LogP) is 3.45. The lowest BCUT2D eigenvalue weighted by molar-refractivity contribution is -0.186. The fraction of sp³-hybridized carbons (Fsp3) is 0.533. The average Bonchev–Trinajstić information content (AvgIpc) is 2.38. The second-order valence-corrected chi connectivity index (χ2v) is 5.41. The van der Waals surface area contributed by atoms with Crippen molar-refractivity contribution in [1.29, 1.82) is 0 Å². The smallest absolute Gasteiger partial charge is 0.295 e. The zero-order valence-corrected chi connectivity index (χ0v) is 11.4. The van der Waals surface area contributed by atoms with Gasteiger partial charge in [-0.15, -0.1) is 0 Å². The third-order valence-electron chi connectivity index (χ3n) is 3.71. The molecule has 1 aliphatic heterocycles. The van der Waals surface area contributed by atoms with Gasteiger partial charge in [0.1, 0.15) is 0 Å². The van der Waals surface area contributed by atoms with Gasteiger partial charge in [0.25, 0.3) is 0 Å². The molecule has 0 spiro atoms. The highest BCUT2D eigenvalue weighted by molar-refractivity contribution is 5.97. The number of carbonyl (C=O) groups excluding carboxylic acids is 1. The van der Waals surface area contributed by atoms with E-state index in [9.17, 15) is 18.0 Å². The van der Waals surface area contributed by atoms with Crippen molar-refractivity contribution in [2.45, 2.75) is 25.9 Å². The van der Waals surface area contributed by atoms with Crippen LogP contribution in [0.2, 0.25) is 0 Å². The summed E-state index contributed by atoms with van der Waals surface area (Å²) in [7, 11) is 0. The monoisotopic (exact) mass is 285 g/mol. The summed E-state index contributed by atoms with van der Waals surface area (Å²) in [5.74, 6) is -1.42. The molecule has 0 aliphatic carbocycles. The van der Waals surface area contributed by atoms with E-state index in [1.54, 1.807) is 17.0 Å². The Hall–Kier alpha value is -1.36. The van der Waals surface area contributed by atoms with Gasteiger partial charge in [0.05, 0.1) is 12.5 Å². The van der Waals surface area contributed by atoms with E-state index in [0.29, 0.717) is 18.5 Å². The summed E-state index contributed by atoms with van der Waals surface area (Å²) < 4.78 is 38.1. The van der Waals surface area contributed by atoms with Crippen molar-refractivity contribution in [2.24, 2.45) is 5.92 Å². The number of alkyl halides is 3. The summed E-state index contributed by atoms with van der Waals surface area (Å²) in [6.45, 7) is 2.48. The number of aryl methyl sites for hydroxylation is 1. The number of likely N-dealkylation sites (tertiary alicyclic amines) is 1. The second kappa shape index (κ2) is 5.95. The van der Waals surface area contributed by atoms with Gasteiger partial charge in [-0.25, -0.2) is 0 Å². The summed E-state index contributed by atoms with van der Waals surface area (Å²) in [5.41, 5.74) is 1.61. The molecule has 0 saturated carbocycles. The lowest BCUT2D eigenvalue weighted by Gasteiger charge is -2.33.